The maximum absolute atomic E-state index is 11.9. The third kappa shape index (κ3) is 3.79. The summed E-state index contributed by atoms with van der Waals surface area (Å²) in [4.78, 5) is 23.8. The summed E-state index contributed by atoms with van der Waals surface area (Å²) < 4.78 is 20.3. The Morgan fingerprint density at radius 3 is 2.21 bits per heavy atom. The molecule has 1 aliphatic heterocycles. The van der Waals surface area contributed by atoms with E-state index < -0.39 is 23.3 Å². The number of methoxy groups -OCH3 is 2. The predicted octanol–water partition coefficient (Wildman–Crippen LogP) is 2.28. The summed E-state index contributed by atoms with van der Waals surface area (Å²) >= 11 is 0. The van der Waals surface area contributed by atoms with Crippen molar-refractivity contribution in [2.75, 3.05) is 14.2 Å². The lowest BCUT2D eigenvalue weighted by molar-refractivity contribution is -0.222. The fraction of sp³-hybridized carbons (Fsp3) is 0.412. The third-order valence-corrected chi connectivity index (χ3v) is 3.47. The number of hydrogen-bond donors (Lipinski definition) is 1. The van der Waals surface area contributed by atoms with E-state index in [1.165, 1.54) is 28.1 Å². The molecule has 1 aromatic rings. The predicted molar refractivity (Wildman–Crippen MR) is 83.8 cm³/mol. The van der Waals surface area contributed by atoms with Crippen molar-refractivity contribution >= 4 is 11.9 Å². The minimum atomic E-state index is -1.33. The Morgan fingerprint density at radius 1 is 1.08 bits per heavy atom. The van der Waals surface area contributed by atoms with Gasteiger partial charge in [-0.25, -0.2) is 9.59 Å². The smallest absolute Gasteiger partial charge is 0.352 e. The van der Waals surface area contributed by atoms with Crippen LogP contribution >= 0.6 is 0 Å². The van der Waals surface area contributed by atoms with E-state index in [0.29, 0.717) is 17.9 Å². The van der Waals surface area contributed by atoms with Crippen molar-refractivity contribution < 1.29 is 33.6 Å². The van der Waals surface area contributed by atoms with Gasteiger partial charge in [0, 0.05) is 20.3 Å². The van der Waals surface area contributed by atoms with Crippen molar-refractivity contribution in [2.45, 2.75) is 32.5 Å². The fourth-order valence-electron chi connectivity index (χ4n) is 2.31. The number of esters is 2. The number of cyclic esters (lactones) is 2. The number of allylic oxidation sites excluding steroid dienone is 1. The van der Waals surface area contributed by atoms with Crippen LogP contribution < -0.4 is 9.47 Å². The van der Waals surface area contributed by atoms with Gasteiger partial charge in [-0.3, -0.25) is 0 Å². The zero-order valence-electron chi connectivity index (χ0n) is 14.0. The summed E-state index contributed by atoms with van der Waals surface area (Å²) in [7, 11) is 3.06. The van der Waals surface area contributed by atoms with Gasteiger partial charge in [-0.15, -0.1) is 0 Å². The SMILES string of the molecule is COc1ccc(CCC(O)=C2C(=O)OC(C)(C)OC2=O)cc1OC. The minimum absolute atomic E-state index is 0.0788. The molecule has 1 aromatic carbocycles. The molecule has 7 nitrogen and oxygen atoms in total. The number of rotatable bonds is 5. The Balaban J connectivity index is 2.14. The van der Waals surface area contributed by atoms with Crippen LogP contribution in [0.3, 0.4) is 0 Å². The highest BCUT2D eigenvalue weighted by molar-refractivity contribution is 6.15. The average Bonchev–Trinajstić information content (AvgIpc) is 2.50. The highest BCUT2D eigenvalue weighted by atomic mass is 16.7. The summed E-state index contributed by atoms with van der Waals surface area (Å²) in [6, 6.07) is 5.31. The van der Waals surface area contributed by atoms with Crippen LogP contribution in [0, 0.1) is 0 Å². The number of benzene rings is 1. The molecule has 0 bridgehead atoms. The highest BCUT2D eigenvalue weighted by Gasteiger charge is 2.41. The van der Waals surface area contributed by atoms with E-state index in [1.807, 2.05) is 0 Å². The number of aliphatic hydroxyl groups excluding tert-OH is 1. The number of aryl methyl sites for hydroxylation is 1. The molecule has 0 amide bonds. The zero-order valence-corrected chi connectivity index (χ0v) is 14.0. The van der Waals surface area contributed by atoms with E-state index >= 15 is 0 Å². The molecule has 0 aliphatic carbocycles. The summed E-state index contributed by atoms with van der Waals surface area (Å²) in [5.41, 5.74) is 0.382. The van der Waals surface area contributed by atoms with Crippen molar-refractivity contribution in [3.8, 4) is 11.5 Å². The van der Waals surface area contributed by atoms with Gasteiger partial charge in [-0.2, -0.15) is 0 Å². The third-order valence-electron chi connectivity index (χ3n) is 3.47. The first-order chi connectivity index (χ1) is 11.3. The van der Waals surface area contributed by atoms with Gasteiger partial charge in [0.25, 0.3) is 5.79 Å². The number of aliphatic hydroxyl groups is 1. The van der Waals surface area contributed by atoms with Crippen molar-refractivity contribution in [3.05, 3.63) is 35.1 Å². The van der Waals surface area contributed by atoms with E-state index in [1.54, 1.807) is 18.2 Å². The molecule has 0 spiro atoms. The second-order valence-electron chi connectivity index (χ2n) is 5.69. The molecule has 0 radical (unpaired) electrons. The first kappa shape index (κ1) is 17.7. The second-order valence-corrected chi connectivity index (χ2v) is 5.69. The van der Waals surface area contributed by atoms with E-state index in [-0.39, 0.29) is 12.2 Å². The van der Waals surface area contributed by atoms with Crippen LogP contribution in [0.15, 0.2) is 29.5 Å². The quantitative estimate of drug-likeness (QED) is 0.382. The summed E-state index contributed by atoms with van der Waals surface area (Å²) in [6.07, 6.45) is 0.467. The Labute approximate surface area is 139 Å². The Kier molecular flexibility index (Phi) is 5.02. The zero-order chi connectivity index (χ0) is 17.9. The molecule has 1 N–H and O–H groups in total. The lowest BCUT2D eigenvalue weighted by Gasteiger charge is -2.30. The molecule has 0 unspecified atom stereocenters. The Hall–Kier alpha value is -2.70. The number of ether oxygens (including phenoxy) is 4. The summed E-state index contributed by atoms with van der Waals surface area (Å²) in [6.45, 7) is 2.89. The van der Waals surface area contributed by atoms with E-state index in [2.05, 4.69) is 0 Å². The van der Waals surface area contributed by atoms with Gasteiger partial charge in [0.05, 0.1) is 14.2 Å². The molecule has 24 heavy (non-hydrogen) atoms. The first-order valence-electron chi connectivity index (χ1n) is 7.37. The molecule has 7 heteroatoms. The van der Waals surface area contributed by atoms with Gasteiger partial charge in [0.15, 0.2) is 17.1 Å². The Bertz CT molecular complexity index is 666. The van der Waals surface area contributed by atoms with Gasteiger partial charge in [-0.1, -0.05) is 6.07 Å². The van der Waals surface area contributed by atoms with Gasteiger partial charge >= 0.3 is 11.9 Å². The largest absolute Gasteiger partial charge is 0.511 e. The average molecular weight is 336 g/mol. The molecule has 130 valence electrons. The fourth-order valence-corrected chi connectivity index (χ4v) is 2.31. The lowest BCUT2D eigenvalue weighted by Crippen LogP contribution is -2.42. The van der Waals surface area contributed by atoms with Crippen molar-refractivity contribution in [3.63, 3.8) is 0 Å². The van der Waals surface area contributed by atoms with E-state index in [9.17, 15) is 14.7 Å². The number of carbonyl (C=O) groups excluding carboxylic acids is 2. The van der Waals surface area contributed by atoms with Gasteiger partial charge in [0.2, 0.25) is 0 Å². The Morgan fingerprint density at radius 2 is 1.67 bits per heavy atom. The highest BCUT2D eigenvalue weighted by Crippen LogP contribution is 2.29. The van der Waals surface area contributed by atoms with Crippen molar-refractivity contribution in [1.82, 2.24) is 0 Å². The molecule has 1 aliphatic rings. The maximum Gasteiger partial charge on any atom is 0.352 e. The van der Waals surface area contributed by atoms with Crippen LogP contribution in [0.1, 0.15) is 25.8 Å². The van der Waals surface area contributed by atoms with Crippen LogP contribution in [0.5, 0.6) is 11.5 Å². The van der Waals surface area contributed by atoms with Gasteiger partial charge < -0.3 is 24.1 Å². The molecule has 1 heterocycles. The molecule has 0 atom stereocenters. The summed E-state index contributed by atoms with van der Waals surface area (Å²) in [5, 5.41) is 10.1. The van der Waals surface area contributed by atoms with Crippen LogP contribution in [0.2, 0.25) is 0 Å². The minimum Gasteiger partial charge on any atom is -0.511 e. The molecule has 1 fully saturated rings. The second kappa shape index (κ2) is 6.82. The van der Waals surface area contributed by atoms with Crippen molar-refractivity contribution in [2.24, 2.45) is 0 Å². The normalized spacial score (nSPS) is 16.2. The first-order valence-corrected chi connectivity index (χ1v) is 7.37. The summed E-state index contributed by atoms with van der Waals surface area (Å²) in [5.74, 6) is -2.33. The molecule has 2 rings (SSSR count). The van der Waals surface area contributed by atoms with E-state index in [0.717, 1.165) is 5.56 Å². The number of carbonyl (C=O) groups is 2. The molecule has 0 aromatic heterocycles. The number of hydrogen-bond acceptors (Lipinski definition) is 7. The van der Waals surface area contributed by atoms with Crippen LogP contribution in [-0.2, 0) is 25.5 Å². The maximum atomic E-state index is 11.9. The van der Waals surface area contributed by atoms with Crippen LogP contribution in [-0.4, -0.2) is 37.1 Å². The van der Waals surface area contributed by atoms with Gasteiger partial charge in [0.1, 0.15) is 5.76 Å². The molecular formula is C17H20O7. The van der Waals surface area contributed by atoms with Crippen LogP contribution in [0.25, 0.3) is 0 Å². The monoisotopic (exact) mass is 336 g/mol. The van der Waals surface area contributed by atoms with Gasteiger partial charge in [-0.05, 0) is 24.1 Å². The van der Waals surface area contributed by atoms with E-state index in [4.69, 9.17) is 18.9 Å². The van der Waals surface area contributed by atoms with Crippen LogP contribution in [0.4, 0.5) is 0 Å². The van der Waals surface area contributed by atoms with Crippen molar-refractivity contribution in [1.29, 1.82) is 0 Å². The standard InChI is InChI=1S/C17H20O7/c1-17(2)23-15(19)14(16(20)24-17)11(18)7-5-10-6-8-12(21-3)13(9-10)22-4/h6,8-9,18H,5,7H2,1-4H3. The molecule has 1 saturated heterocycles. The lowest BCUT2D eigenvalue weighted by atomic mass is 10.1. The topological polar surface area (TPSA) is 91.3 Å². The molecule has 0 saturated carbocycles. The molecular weight excluding hydrogens is 316 g/mol.